The predicted molar refractivity (Wildman–Crippen MR) is 70.6 cm³/mol. The van der Waals surface area contributed by atoms with E-state index in [0.29, 0.717) is 19.0 Å². The van der Waals surface area contributed by atoms with Gasteiger partial charge in [0.1, 0.15) is 0 Å². The van der Waals surface area contributed by atoms with E-state index in [4.69, 9.17) is 5.11 Å². The molecule has 1 amide bonds. The molecule has 7 heteroatoms. The standard InChI is InChI=1S/C11H15BrN4O2/c12-8-5-13-10(14-6-8)15-7-9-3-1-2-4-16(9)11(17)18/h5-6,9H,1-4,7H2,(H,17,18)(H,13,14,15). The average Bonchev–Trinajstić information content (AvgIpc) is 2.38. The number of carbonyl (C=O) groups is 1. The van der Waals surface area contributed by atoms with E-state index in [0.717, 1.165) is 23.7 Å². The predicted octanol–water partition coefficient (Wildman–Crippen LogP) is 2.18. The Hall–Kier alpha value is -1.37. The van der Waals surface area contributed by atoms with Gasteiger partial charge in [-0.1, -0.05) is 0 Å². The number of carboxylic acid groups (broad SMARTS) is 1. The van der Waals surface area contributed by atoms with Gasteiger partial charge in [0, 0.05) is 25.5 Å². The van der Waals surface area contributed by atoms with Gasteiger partial charge in [0.2, 0.25) is 5.95 Å². The second-order valence-corrected chi connectivity index (χ2v) is 5.15. The van der Waals surface area contributed by atoms with Crippen LogP contribution in [-0.2, 0) is 0 Å². The molecule has 1 aromatic rings. The van der Waals surface area contributed by atoms with Crippen LogP contribution in [0.4, 0.5) is 10.7 Å². The van der Waals surface area contributed by atoms with Crippen LogP contribution in [0, 0.1) is 0 Å². The first-order valence-corrected chi connectivity index (χ1v) is 6.67. The number of piperidine rings is 1. The van der Waals surface area contributed by atoms with E-state index in [2.05, 4.69) is 31.2 Å². The highest BCUT2D eigenvalue weighted by atomic mass is 79.9. The molecule has 1 aliphatic heterocycles. The lowest BCUT2D eigenvalue weighted by Crippen LogP contribution is -2.46. The molecule has 18 heavy (non-hydrogen) atoms. The molecule has 0 saturated carbocycles. The van der Waals surface area contributed by atoms with Gasteiger partial charge in [-0.15, -0.1) is 0 Å². The lowest BCUT2D eigenvalue weighted by Gasteiger charge is -2.33. The summed E-state index contributed by atoms with van der Waals surface area (Å²) in [5, 5.41) is 12.2. The zero-order valence-electron chi connectivity index (χ0n) is 9.84. The molecule has 2 heterocycles. The van der Waals surface area contributed by atoms with Crippen molar-refractivity contribution < 1.29 is 9.90 Å². The number of hydrogen-bond donors (Lipinski definition) is 2. The molecule has 1 aliphatic rings. The molecule has 0 bridgehead atoms. The monoisotopic (exact) mass is 314 g/mol. The van der Waals surface area contributed by atoms with Crippen LogP contribution in [0.2, 0.25) is 0 Å². The number of anilines is 1. The molecule has 0 aliphatic carbocycles. The lowest BCUT2D eigenvalue weighted by molar-refractivity contribution is 0.110. The SMILES string of the molecule is O=C(O)N1CCCCC1CNc1ncc(Br)cn1. The largest absolute Gasteiger partial charge is 0.465 e. The first-order valence-electron chi connectivity index (χ1n) is 5.88. The number of likely N-dealkylation sites (tertiary alicyclic amines) is 1. The van der Waals surface area contributed by atoms with Crippen molar-refractivity contribution in [3.63, 3.8) is 0 Å². The Balaban J connectivity index is 1.91. The molecule has 0 aromatic carbocycles. The number of rotatable bonds is 3. The number of hydrogen-bond acceptors (Lipinski definition) is 4. The second kappa shape index (κ2) is 5.99. The third-order valence-electron chi connectivity index (χ3n) is 2.99. The summed E-state index contributed by atoms with van der Waals surface area (Å²) >= 11 is 3.26. The minimum atomic E-state index is -0.849. The topological polar surface area (TPSA) is 78.4 Å². The summed E-state index contributed by atoms with van der Waals surface area (Å²) in [4.78, 5) is 20.8. The molecular weight excluding hydrogens is 300 g/mol. The van der Waals surface area contributed by atoms with Crippen molar-refractivity contribution in [2.45, 2.75) is 25.3 Å². The van der Waals surface area contributed by atoms with E-state index in [-0.39, 0.29) is 6.04 Å². The van der Waals surface area contributed by atoms with Crippen molar-refractivity contribution in [1.82, 2.24) is 14.9 Å². The summed E-state index contributed by atoms with van der Waals surface area (Å²) in [6.07, 6.45) is 5.36. The van der Waals surface area contributed by atoms with Crippen molar-refractivity contribution in [2.75, 3.05) is 18.4 Å². The summed E-state index contributed by atoms with van der Waals surface area (Å²) in [6.45, 7) is 1.16. The quantitative estimate of drug-likeness (QED) is 0.894. The number of aromatic nitrogens is 2. The number of nitrogens with zero attached hydrogens (tertiary/aromatic N) is 3. The molecule has 1 unspecified atom stereocenters. The van der Waals surface area contributed by atoms with Crippen LogP contribution in [0.1, 0.15) is 19.3 Å². The van der Waals surface area contributed by atoms with Crippen molar-refractivity contribution in [3.05, 3.63) is 16.9 Å². The minimum absolute atomic E-state index is 0.00324. The van der Waals surface area contributed by atoms with Gasteiger partial charge in [-0.3, -0.25) is 0 Å². The fourth-order valence-electron chi connectivity index (χ4n) is 2.08. The van der Waals surface area contributed by atoms with Crippen LogP contribution in [0.5, 0.6) is 0 Å². The Labute approximate surface area is 114 Å². The third kappa shape index (κ3) is 3.32. The average molecular weight is 315 g/mol. The van der Waals surface area contributed by atoms with Crippen molar-refractivity contribution in [1.29, 1.82) is 0 Å². The number of amides is 1. The molecule has 1 fully saturated rings. The van der Waals surface area contributed by atoms with Crippen molar-refractivity contribution in [2.24, 2.45) is 0 Å². The Bertz CT molecular complexity index is 412. The van der Waals surface area contributed by atoms with E-state index in [9.17, 15) is 4.79 Å². The van der Waals surface area contributed by atoms with Crippen LogP contribution in [0.25, 0.3) is 0 Å². The minimum Gasteiger partial charge on any atom is -0.465 e. The molecule has 1 saturated heterocycles. The van der Waals surface area contributed by atoms with Crippen LogP contribution in [-0.4, -0.2) is 45.2 Å². The lowest BCUT2D eigenvalue weighted by atomic mass is 10.0. The van der Waals surface area contributed by atoms with Crippen LogP contribution in [0.3, 0.4) is 0 Å². The molecule has 2 rings (SSSR count). The fourth-order valence-corrected chi connectivity index (χ4v) is 2.28. The second-order valence-electron chi connectivity index (χ2n) is 4.23. The van der Waals surface area contributed by atoms with E-state index in [1.165, 1.54) is 4.90 Å². The molecule has 2 N–H and O–H groups in total. The summed E-state index contributed by atoms with van der Waals surface area (Å²) in [5.74, 6) is 0.522. The van der Waals surface area contributed by atoms with Gasteiger partial charge >= 0.3 is 6.09 Å². The molecule has 6 nitrogen and oxygen atoms in total. The van der Waals surface area contributed by atoms with Gasteiger partial charge in [-0.2, -0.15) is 0 Å². The molecule has 1 aromatic heterocycles. The molecule has 0 radical (unpaired) electrons. The van der Waals surface area contributed by atoms with Gasteiger partial charge in [0.05, 0.1) is 10.5 Å². The van der Waals surface area contributed by atoms with Crippen molar-refractivity contribution >= 4 is 28.0 Å². The van der Waals surface area contributed by atoms with Gasteiger partial charge in [0.25, 0.3) is 0 Å². The third-order valence-corrected chi connectivity index (χ3v) is 3.40. The highest BCUT2D eigenvalue weighted by Gasteiger charge is 2.26. The Kier molecular flexibility index (Phi) is 4.35. The first-order chi connectivity index (χ1) is 8.66. The fraction of sp³-hybridized carbons (Fsp3) is 0.545. The van der Waals surface area contributed by atoms with Gasteiger partial charge in [-0.05, 0) is 35.2 Å². The normalized spacial score (nSPS) is 19.6. The Morgan fingerprint density at radius 2 is 2.22 bits per heavy atom. The maximum absolute atomic E-state index is 11.1. The summed E-state index contributed by atoms with van der Waals surface area (Å²) in [7, 11) is 0. The maximum atomic E-state index is 11.1. The maximum Gasteiger partial charge on any atom is 0.407 e. The number of halogens is 1. The zero-order valence-corrected chi connectivity index (χ0v) is 11.4. The Morgan fingerprint density at radius 1 is 1.50 bits per heavy atom. The molecular formula is C11H15BrN4O2. The van der Waals surface area contributed by atoms with Gasteiger partial charge in [-0.25, -0.2) is 14.8 Å². The first kappa shape index (κ1) is 13.1. The zero-order chi connectivity index (χ0) is 13.0. The van der Waals surface area contributed by atoms with Crippen LogP contribution in [0.15, 0.2) is 16.9 Å². The summed E-state index contributed by atoms with van der Waals surface area (Å²) in [6, 6.07) is 0.00324. The summed E-state index contributed by atoms with van der Waals surface area (Å²) < 4.78 is 0.817. The van der Waals surface area contributed by atoms with E-state index in [1.54, 1.807) is 12.4 Å². The molecule has 1 atom stereocenters. The van der Waals surface area contributed by atoms with Crippen molar-refractivity contribution in [3.8, 4) is 0 Å². The van der Waals surface area contributed by atoms with Gasteiger partial charge in [0.15, 0.2) is 0 Å². The highest BCUT2D eigenvalue weighted by molar-refractivity contribution is 9.10. The van der Waals surface area contributed by atoms with E-state index in [1.807, 2.05) is 0 Å². The highest BCUT2D eigenvalue weighted by Crippen LogP contribution is 2.17. The van der Waals surface area contributed by atoms with E-state index < -0.39 is 6.09 Å². The molecule has 98 valence electrons. The van der Waals surface area contributed by atoms with Crippen LogP contribution >= 0.6 is 15.9 Å². The Morgan fingerprint density at radius 3 is 2.89 bits per heavy atom. The van der Waals surface area contributed by atoms with Gasteiger partial charge < -0.3 is 15.3 Å². The summed E-state index contributed by atoms with van der Waals surface area (Å²) in [5.41, 5.74) is 0. The van der Waals surface area contributed by atoms with E-state index >= 15 is 0 Å². The van der Waals surface area contributed by atoms with Crippen LogP contribution < -0.4 is 5.32 Å². The smallest absolute Gasteiger partial charge is 0.407 e. The molecule has 0 spiro atoms. The number of nitrogens with one attached hydrogen (secondary N) is 1.